The van der Waals surface area contributed by atoms with E-state index in [2.05, 4.69) is 28.2 Å². The Morgan fingerprint density at radius 3 is 2.83 bits per heavy atom. The van der Waals surface area contributed by atoms with Crippen LogP contribution in [0.1, 0.15) is 30.0 Å². The quantitative estimate of drug-likeness (QED) is 0.793. The lowest BCUT2D eigenvalue weighted by molar-refractivity contribution is 0.155. The maximum atomic E-state index is 6.08. The van der Waals surface area contributed by atoms with Crippen molar-refractivity contribution in [1.29, 1.82) is 0 Å². The number of benzene rings is 1. The average Bonchev–Trinajstić information content (AvgIpc) is 3.13. The first-order valence-corrected chi connectivity index (χ1v) is 8.47. The summed E-state index contributed by atoms with van der Waals surface area (Å²) in [5.74, 6) is 0.731. The molecule has 2 aliphatic rings. The second kappa shape index (κ2) is 6.89. The number of hydrogen-bond donors (Lipinski definition) is 0. The van der Waals surface area contributed by atoms with Crippen molar-refractivity contribution in [3.05, 3.63) is 59.0 Å². The fourth-order valence-electron chi connectivity index (χ4n) is 3.17. The molecule has 0 radical (unpaired) electrons. The number of halogens is 1. The molecule has 0 bridgehead atoms. The number of hydroxylamine groups is 1. The molecule has 124 valence electrons. The van der Waals surface area contributed by atoms with E-state index in [9.17, 15) is 0 Å². The summed E-state index contributed by atoms with van der Waals surface area (Å²) in [6.45, 7) is 1.97. The molecule has 3 heterocycles. The fourth-order valence-corrected chi connectivity index (χ4v) is 3.30. The van der Waals surface area contributed by atoms with Gasteiger partial charge in [-0.15, -0.1) is 0 Å². The molecule has 5 nitrogen and oxygen atoms in total. The number of ether oxygens (including phenoxy) is 1. The van der Waals surface area contributed by atoms with Crippen molar-refractivity contribution in [2.24, 2.45) is 0 Å². The molecule has 1 aromatic carbocycles. The van der Waals surface area contributed by atoms with Crippen molar-refractivity contribution in [3.8, 4) is 0 Å². The zero-order valence-electron chi connectivity index (χ0n) is 13.2. The zero-order valence-corrected chi connectivity index (χ0v) is 13.9. The van der Waals surface area contributed by atoms with E-state index in [1.807, 2.05) is 23.3 Å². The van der Waals surface area contributed by atoms with Gasteiger partial charge in [0.25, 0.3) is 0 Å². The Kier molecular flexibility index (Phi) is 4.47. The van der Waals surface area contributed by atoms with E-state index >= 15 is 0 Å². The van der Waals surface area contributed by atoms with Gasteiger partial charge in [0.15, 0.2) is 5.82 Å². The fraction of sp³-hybridized carbons (Fsp3) is 0.333. The number of anilines is 1. The maximum Gasteiger partial charge on any atom is 0.224 e. The van der Waals surface area contributed by atoms with E-state index in [1.54, 1.807) is 6.20 Å². The van der Waals surface area contributed by atoms with Gasteiger partial charge in [-0.25, -0.2) is 10.0 Å². The number of aromatic nitrogens is 2. The second-order valence-corrected chi connectivity index (χ2v) is 6.14. The minimum atomic E-state index is 0.122. The molecule has 0 unspecified atom stereocenters. The molecule has 2 aromatic rings. The predicted molar refractivity (Wildman–Crippen MR) is 92.7 cm³/mol. The third kappa shape index (κ3) is 3.02. The van der Waals surface area contributed by atoms with Gasteiger partial charge in [0, 0.05) is 18.2 Å². The van der Waals surface area contributed by atoms with Gasteiger partial charge in [0.2, 0.25) is 5.28 Å². The van der Waals surface area contributed by atoms with Crippen LogP contribution in [0.15, 0.2) is 42.6 Å². The highest BCUT2D eigenvalue weighted by molar-refractivity contribution is 6.28. The van der Waals surface area contributed by atoms with Gasteiger partial charge < -0.3 is 4.74 Å². The van der Waals surface area contributed by atoms with Crippen molar-refractivity contribution >= 4 is 23.0 Å². The molecule has 0 aliphatic carbocycles. The molecule has 1 saturated heterocycles. The van der Waals surface area contributed by atoms with Crippen LogP contribution in [0.3, 0.4) is 0 Å². The highest BCUT2D eigenvalue weighted by Gasteiger charge is 2.31. The second-order valence-electron chi connectivity index (χ2n) is 5.80. The summed E-state index contributed by atoms with van der Waals surface area (Å²) in [7, 11) is 0. The molecule has 0 amide bonds. The molecular formula is C18H18ClN3O2. The predicted octanol–water partition coefficient (Wildman–Crippen LogP) is 3.82. The molecule has 0 N–H and O–H groups in total. The van der Waals surface area contributed by atoms with Gasteiger partial charge >= 0.3 is 0 Å². The van der Waals surface area contributed by atoms with Crippen LogP contribution in [0.5, 0.6) is 0 Å². The maximum absolute atomic E-state index is 6.08. The van der Waals surface area contributed by atoms with E-state index in [-0.39, 0.29) is 11.3 Å². The minimum absolute atomic E-state index is 0.122. The van der Waals surface area contributed by atoms with Gasteiger partial charge in [-0.05, 0) is 29.2 Å². The van der Waals surface area contributed by atoms with Crippen molar-refractivity contribution in [1.82, 2.24) is 9.97 Å². The van der Waals surface area contributed by atoms with Gasteiger partial charge in [0.1, 0.15) is 0 Å². The molecule has 1 fully saturated rings. The Balaban J connectivity index is 1.75. The third-order valence-electron chi connectivity index (χ3n) is 4.35. The molecule has 1 atom stereocenters. The largest absolute Gasteiger partial charge is 0.377 e. The van der Waals surface area contributed by atoms with E-state index in [0.29, 0.717) is 19.8 Å². The van der Waals surface area contributed by atoms with Crippen LogP contribution in [0.25, 0.3) is 5.57 Å². The van der Waals surface area contributed by atoms with E-state index in [1.165, 1.54) is 11.1 Å². The van der Waals surface area contributed by atoms with Crippen LogP contribution in [0.2, 0.25) is 5.28 Å². The van der Waals surface area contributed by atoms with Gasteiger partial charge in [-0.3, -0.25) is 4.84 Å². The highest BCUT2D eigenvalue weighted by atomic mass is 35.5. The molecule has 0 spiro atoms. The van der Waals surface area contributed by atoms with Crippen molar-refractivity contribution in [3.63, 3.8) is 0 Å². The Morgan fingerprint density at radius 1 is 1.17 bits per heavy atom. The Bertz CT molecular complexity index is 751. The smallest absolute Gasteiger partial charge is 0.224 e. The SMILES string of the molecule is Clc1ncc(C2=CCOCC2)c(N2OCC[C@H]2c2ccccc2)n1. The minimum Gasteiger partial charge on any atom is -0.377 e. The van der Waals surface area contributed by atoms with Crippen molar-refractivity contribution in [2.45, 2.75) is 18.9 Å². The van der Waals surface area contributed by atoms with Crippen LogP contribution in [0.4, 0.5) is 5.82 Å². The third-order valence-corrected chi connectivity index (χ3v) is 4.53. The first-order chi connectivity index (χ1) is 11.8. The monoisotopic (exact) mass is 343 g/mol. The molecule has 0 saturated carbocycles. The summed E-state index contributed by atoms with van der Waals surface area (Å²) in [4.78, 5) is 14.6. The highest BCUT2D eigenvalue weighted by Crippen LogP contribution is 2.38. The van der Waals surface area contributed by atoms with Crippen molar-refractivity contribution < 1.29 is 9.57 Å². The lowest BCUT2D eigenvalue weighted by Gasteiger charge is -2.27. The topological polar surface area (TPSA) is 47.5 Å². The lowest BCUT2D eigenvalue weighted by atomic mass is 10.0. The Labute approximate surface area is 145 Å². The Hall–Kier alpha value is -1.95. The Morgan fingerprint density at radius 2 is 2.04 bits per heavy atom. The van der Waals surface area contributed by atoms with Crippen LogP contribution in [-0.4, -0.2) is 29.8 Å². The summed E-state index contributed by atoms with van der Waals surface area (Å²) >= 11 is 6.08. The summed E-state index contributed by atoms with van der Waals surface area (Å²) in [5.41, 5.74) is 3.34. The van der Waals surface area contributed by atoms with Crippen LogP contribution >= 0.6 is 11.6 Å². The molecular weight excluding hydrogens is 326 g/mol. The van der Waals surface area contributed by atoms with E-state index < -0.39 is 0 Å². The van der Waals surface area contributed by atoms with Crippen LogP contribution < -0.4 is 5.06 Å². The van der Waals surface area contributed by atoms with E-state index in [0.717, 1.165) is 24.2 Å². The number of nitrogens with zero attached hydrogens (tertiary/aromatic N) is 3. The van der Waals surface area contributed by atoms with Crippen LogP contribution in [-0.2, 0) is 9.57 Å². The van der Waals surface area contributed by atoms with E-state index in [4.69, 9.17) is 21.2 Å². The van der Waals surface area contributed by atoms with Crippen LogP contribution in [0, 0.1) is 0 Å². The summed E-state index contributed by atoms with van der Waals surface area (Å²) in [6, 6.07) is 10.5. The normalized spacial score (nSPS) is 21.0. The van der Waals surface area contributed by atoms with Gasteiger partial charge in [-0.2, -0.15) is 4.98 Å². The lowest BCUT2D eigenvalue weighted by Crippen LogP contribution is -2.24. The number of rotatable bonds is 3. The molecule has 6 heteroatoms. The summed E-state index contributed by atoms with van der Waals surface area (Å²) in [6.07, 6.45) is 5.60. The van der Waals surface area contributed by atoms with Gasteiger partial charge in [-0.1, -0.05) is 36.4 Å². The first kappa shape index (κ1) is 15.6. The zero-order chi connectivity index (χ0) is 16.4. The van der Waals surface area contributed by atoms with Gasteiger partial charge in [0.05, 0.1) is 25.9 Å². The summed E-state index contributed by atoms with van der Waals surface area (Å²) in [5, 5.41) is 2.11. The number of hydrogen-bond acceptors (Lipinski definition) is 5. The average molecular weight is 344 g/mol. The molecule has 2 aliphatic heterocycles. The standard InChI is InChI=1S/C18H18ClN3O2/c19-18-20-12-15(13-6-9-23-10-7-13)17(21-18)22-16(8-11-24-22)14-4-2-1-3-5-14/h1-6,12,16H,7-11H2/t16-/m0/s1. The molecule has 4 rings (SSSR count). The summed E-state index contributed by atoms with van der Waals surface area (Å²) < 4.78 is 5.41. The first-order valence-electron chi connectivity index (χ1n) is 8.10. The molecule has 24 heavy (non-hydrogen) atoms. The van der Waals surface area contributed by atoms with Crippen molar-refractivity contribution in [2.75, 3.05) is 24.9 Å². The molecule has 1 aromatic heterocycles.